The van der Waals surface area contributed by atoms with E-state index >= 15 is 0 Å². The Kier molecular flexibility index (Phi) is 5.35. The fourth-order valence-corrected chi connectivity index (χ4v) is 1.85. The molecule has 0 radical (unpaired) electrons. The van der Waals surface area contributed by atoms with Crippen LogP contribution in [0, 0.1) is 0 Å². The van der Waals surface area contributed by atoms with Crippen LogP contribution in [-0.2, 0) is 15.1 Å². The summed E-state index contributed by atoms with van der Waals surface area (Å²) in [5, 5.41) is 2.61. The molecule has 0 saturated carbocycles. The van der Waals surface area contributed by atoms with Crippen LogP contribution in [0.3, 0.4) is 0 Å². The van der Waals surface area contributed by atoms with Crippen molar-refractivity contribution in [2.45, 2.75) is 45.8 Å². The third-order valence-electron chi connectivity index (χ3n) is 2.74. The first kappa shape index (κ1) is 17.0. The van der Waals surface area contributed by atoms with E-state index in [9.17, 15) is 9.59 Å². The van der Waals surface area contributed by atoms with E-state index in [0.29, 0.717) is 24.2 Å². The maximum Gasteiger partial charge on any atom is 0.408 e. The smallest absolute Gasteiger partial charge is 0.408 e. The maximum atomic E-state index is 11.9. The molecule has 0 aliphatic heterocycles. The van der Waals surface area contributed by atoms with E-state index in [1.807, 2.05) is 13.0 Å². The summed E-state index contributed by atoms with van der Waals surface area (Å²) < 4.78 is 10.7. The van der Waals surface area contributed by atoms with Crippen LogP contribution in [-0.4, -0.2) is 24.6 Å². The van der Waals surface area contributed by atoms with Crippen molar-refractivity contribution < 1.29 is 19.1 Å². The molecular formula is C16H23NO4. The van der Waals surface area contributed by atoms with Gasteiger partial charge in [-0.1, -0.05) is 18.2 Å². The highest BCUT2D eigenvalue weighted by Gasteiger charge is 2.33. The molecule has 21 heavy (non-hydrogen) atoms. The lowest BCUT2D eigenvalue weighted by Crippen LogP contribution is -2.47. The standard InChI is InChI=1S/C16H23NO4/c1-6-20-13-10-8-7-9-12(13)16(5,11-18)17-14(19)21-15(2,3)4/h7-11H,6H2,1-5H3,(H,17,19). The topological polar surface area (TPSA) is 64.6 Å². The number of benzene rings is 1. The van der Waals surface area contributed by atoms with Gasteiger partial charge in [0, 0.05) is 5.56 Å². The Bertz CT molecular complexity index is 507. The van der Waals surface area contributed by atoms with Crippen molar-refractivity contribution in [3.05, 3.63) is 29.8 Å². The summed E-state index contributed by atoms with van der Waals surface area (Å²) in [6.45, 7) is 9.23. The normalized spacial score (nSPS) is 14.0. The van der Waals surface area contributed by atoms with Gasteiger partial charge in [0.15, 0.2) is 0 Å². The summed E-state index contributed by atoms with van der Waals surface area (Å²) in [6.07, 6.45) is 0.0257. The number of hydrogen-bond donors (Lipinski definition) is 1. The minimum atomic E-state index is -1.21. The minimum absolute atomic E-state index is 0.471. The Labute approximate surface area is 125 Å². The van der Waals surface area contributed by atoms with E-state index in [4.69, 9.17) is 9.47 Å². The number of amides is 1. The van der Waals surface area contributed by atoms with Crippen LogP contribution in [0.2, 0.25) is 0 Å². The summed E-state index contributed by atoms with van der Waals surface area (Å²) in [7, 11) is 0. The third-order valence-corrected chi connectivity index (χ3v) is 2.74. The first-order chi connectivity index (χ1) is 9.72. The molecule has 5 nitrogen and oxygen atoms in total. The lowest BCUT2D eigenvalue weighted by Gasteiger charge is -2.29. The van der Waals surface area contributed by atoms with Gasteiger partial charge < -0.3 is 19.6 Å². The maximum absolute atomic E-state index is 11.9. The lowest BCUT2D eigenvalue weighted by atomic mass is 9.93. The van der Waals surface area contributed by atoms with Crippen molar-refractivity contribution in [3.63, 3.8) is 0 Å². The van der Waals surface area contributed by atoms with Gasteiger partial charge in [0.05, 0.1) is 6.61 Å². The van der Waals surface area contributed by atoms with Gasteiger partial charge in [-0.25, -0.2) is 4.79 Å². The molecule has 1 atom stereocenters. The van der Waals surface area contributed by atoms with Crippen LogP contribution < -0.4 is 10.1 Å². The molecule has 0 aliphatic rings. The molecule has 0 aromatic heterocycles. The molecule has 0 fully saturated rings. The lowest BCUT2D eigenvalue weighted by molar-refractivity contribution is -0.113. The molecular weight excluding hydrogens is 270 g/mol. The summed E-state index contributed by atoms with van der Waals surface area (Å²) in [6, 6.07) is 7.11. The average Bonchev–Trinajstić information content (AvgIpc) is 2.37. The first-order valence-corrected chi connectivity index (χ1v) is 6.91. The van der Waals surface area contributed by atoms with E-state index < -0.39 is 17.2 Å². The van der Waals surface area contributed by atoms with Crippen LogP contribution in [0.1, 0.15) is 40.2 Å². The first-order valence-electron chi connectivity index (χ1n) is 6.91. The molecule has 1 unspecified atom stereocenters. The number of carbonyl (C=O) groups is 2. The number of rotatable bonds is 5. The van der Waals surface area contributed by atoms with E-state index in [1.165, 1.54) is 0 Å². The monoisotopic (exact) mass is 293 g/mol. The van der Waals surface area contributed by atoms with Gasteiger partial charge in [-0.15, -0.1) is 0 Å². The second kappa shape index (κ2) is 6.61. The van der Waals surface area contributed by atoms with Gasteiger partial charge in [-0.2, -0.15) is 0 Å². The Balaban J connectivity index is 3.04. The number of hydrogen-bond acceptors (Lipinski definition) is 4. The number of alkyl carbamates (subject to hydrolysis) is 1. The van der Waals surface area contributed by atoms with E-state index in [2.05, 4.69) is 5.32 Å². The average molecular weight is 293 g/mol. The summed E-state index contributed by atoms with van der Waals surface area (Å²) >= 11 is 0. The van der Waals surface area contributed by atoms with E-state index in [-0.39, 0.29) is 0 Å². The van der Waals surface area contributed by atoms with Crippen LogP contribution >= 0.6 is 0 Å². The zero-order valence-electron chi connectivity index (χ0n) is 13.2. The van der Waals surface area contributed by atoms with Crippen LogP contribution in [0.25, 0.3) is 0 Å². The van der Waals surface area contributed by atoms with Gasteiger partial charge in [0.25, 0.3) is 0 Å². The predicted octanol–water partition coefficient (Wildman–Crippen LogP) is 3.02. The highest BCUT2D eigenvalue weighted by Crippen LogP contribution is 2.29. The highest BCUT2D eigenvalue weighted by molar-refractivity contribution is 5.78. The minimum Gasteiger partial charge on any atom is -0.493 e. The SMILES string of the molecule is CCOc1ccccc1C(C)(C=O)NC(=O)OC(C)(C)C. The van der Waals surface area contributed by atoms with Crippen LogP contribution in [0.4, 0.5) is 4.79 Å². The molecule has 1 aromatic carbocycles. The second-order valence-corrected chi connectivity index (χ2v) is 5.88. The largest absolute Gasteiger partial charge is 0.493 e. The molecule has 1 aromatic rings. The zero-order chi connectivity index (χ0) is 16.1. The van der Waals surface area contributed by atoms with Crippen LogP contribution in [0.15, 0.2) is 24.3 Å². The predicted molar refractivity (Wildman–Crippen MR) is 80.4 cm³/mol. The highest BCUT2D eigenvalue weighted by atomic mass is 16.6. The molecule has 0 bridgehead atoms. The number of nitrogens with one attached hydrogen (secondary N) is 1. The Morgan fingerprint density at radius 2 is 1.86 bits per heavy atom. The number of ether oxygens (including phenoxy) is 2. The molecule has 5 heteroatoms. The molecule has 1 amide bonds. The van der Waals surface area contributed by atoms with Crippen molar-refractivity contribution in [2.24, 2.45) is 0 Å². The van der Waals surface area contributed by atoms with E-state index in [1.54, 1.807) is 45.9 Å². The Hall–Kier alpha value is -2.04. The van der Waals surface area contributed by atoms with Gasteiger partial charge in [-0.3, -0.25) is 0 Å². The molecule has 0 aliphatic carbocycles. The van der Waals surface area contributed by atoms with Gasteiger partial charge in [-0.05, 0) is 40.7 Å². The number of para-hydroxylation sites is 1. The molecule has 0 spiro atoms. The Morgan fingerprint density at radius 1 is 1.24 bits per heavy atom. The number of aldehydes is 1. The molecule has 0 saturated heterocycles. The fraction of sp³-hybridized carbons (Fsp3) is 0.500. The van der Waals surface area contributed by atoms with E-state index in [0.717, 1.165) is 0 Å². The van der Waals surface area contributed by atoms with Gasteiger partial charge in [0.2, 0.25) is 0 Å². The van der Waals surface area contributed by atoms with Crippen molar-refractivity contribution >= 4 is 12.4 Å². The Morgan fingerprint density at radius 3 is 2.38 bits per heavy atom. The molecule has 1 rings (SSSR count). The molecule has 0 heterocycles. The third kappa shape index (κ3) is 4.77. The second-order valence-electron chi connectivity index (χ2n) is 5.88. The summed E-state index contributed by atoms with van der Waals surface area (Å²) in [5.74, 6) is 0.561. The quantitative estimate of drug-likeness (QED) is 0.848. The van der Waals surface area contributed by atoms with Crippen molar-refractivity contribution in [1.82, 2.24) is 5.32 Å². The van der Waals surface area contributed by atoms with Crippen LogP contribution in [0.5, 0.6) is 5.75 Å². The molecule has 116 valence electrons. The summed E-state index contributed by atoms with van der Waals surface area (Å²) in [5.41, 5.74) is -1.26. The fourth-order valence-electron chi connectivity index (χ4n) is 1.85. The van der Waals surface area contributed by atoms with Crippen molar-refractivity contribution in [3.8, 4) is 5.75 Å². The van der Waals surface area contributed by atoms with Crippen molar-refractivity contribution in [1.29, 1.82) is 0 Å². The molecule has 1 N–H and O–H groups in total. The zero-order valence-corrected chi connectivity index (χ0v) is 13.2. The van der Waals surface area contributed by atoms with Gasteiger partial charge >= 0.3 is 6.09 Å². The van der Waals surface area contributed by atoms with Crippen molar-refractivity contribution in [2.75, 3.05) is 6.61 Å². The summed E-state index contributed by atoms with van der Waals surface area (Å²) in [4.78, 5) is 23.5. The number of carbonyl (C=O) groups excluding carboxylic acids is 2. The van der Waals surface area contributed by atoms with Gasteiger partial charge in [0.1, 0.15) is 23.2 Å².